The number of benzene rings is 1. The summed E-state index contributed by atoms with van der Waals surface area (Å²) in [6.45, 7) is 1.77. The van der Waals surface area contributed by atoms with Gasteiger partial charge in [-0.3, -0.25) is 9.59 Å². The van der Waals surface area contributed by atoms with Gasteiger partial charge in [-0.05, 0) is 49.9 Å². The van der Waals surface area contributed by atoms with Gasteiger partial charge in [0.1, 0.15) is 0 Å². The monoisotopic (exact) mass is 421 g/mol. The van der Waals surface area contributed by atoms with E-state index in [1.807, 2.05) is 0 Å². The van der Waals surface area contributed by atoms with Gasteiger partial charge in [0.15, 0.2) is 0 Å². The number of amides is 2. The first-order chi connectivity index (χ1) is 14.0. The zero-order valence-corrected chi connectivity index (χ0v) is 17.8. The summed E-state index contributed by atoms with van der Waals surface area (Å²) in [4.78, 5) is 26.4. The second-order valence-electron chi connectivity index (χ2n) is 7.87. The van der Waals surface area contributed by atoms with Crippen LogP contribution in [0.5, 0.6) is 0 Å². The van der Waals surface area contributed by atoms with E-state index >= 15 is 0 Å². The third kappa shape index (κ3) is 6.02. The van der Waals surface area contributed by atoms with Crippen molar-refractivity contribution in [2.24, 2.45) is 0 Å². The van der Waals surface area contributed by atoms with Crippen molar-refractivity contribution >= 4 is 27.5 Å². The molecule has 2 fully saturated rings. The molecule has 2 heterocycles. The molecule has 0 atom stereocenters. The Balaban J connectivity index is 1.59. The molecule has 1 aromatic carbocycles. The number of nitrogens with one attached hydrogen (secondary N) is 1. The molecule has 0 radical (unpaired) electrons. The van der Waals surface area contributed by atoms with Gasteiger partial charge in [-0.15, -0.1) is 0 Å². The maximum Gasteiger partial charge on any atom is 0.243 e. The standard InChI is InChI=1S/C21H31N3O4S/c25-20(17-23-14-6-2-1-5-9-21(23)26)22-18-10-12-19(13-11-18)29(27,28)24-15-7-3-4-8-16-24/h10-13H,1-9,14-17H2,(H,22,25). The summed E-state index contributed by atoms with van der Waals surface area (Å²) >= 11 is 0. The van der Waals surface area contributed by atoms with Gasteiger partial charge < -0.3 is 10.2 Å². The number of anilines is 1. The van der Waals surface area contributed by atoms with Gasteiger partial charge in [-0.25, -0.2) is 8.42 Å². The number of likely N-dealkylation sites (tertiary alicyclic amines) is 1. The van der Waals surface area contributed by atoms with Gasteiger partial charge in [-0.1, -0.05) is 25.7 Å². The summed E-state index contributed by atoms with van der Waals surface area (Å²) < 4.78 is 27.2. The van der Waals surface area contributed by atoms with Crippen LogP contribution in [0, 0.1) is 0 Å². The molecule has 0 unspecified atom stereocenters. The highest BCUT2D eigenvalue weighted by atomic mass is 32.2. The summed E-state index contributed by atoms with van der Waals surface area (Å²) in [7, 11) is -3.50. The Labute approximate surface area is 173 Å². The van der Waals surface area contributed by atoms with Gasteiger partial charge >= 0.3 is 0 Å². The highest BCUT2D eigenvalue weighted by molar-refractivity contribution is 7.89. The number of rotatable bonds is 5. The average Bonchev–Trinajstić information content (AvgIpc) is 2.98. The van der Waals surface area contributed by atoms with Crippen LogP contribution in [0.1, 0.15) is 57.8 Å². The predicted molar refractivity (Wildman–Crippen MR) is 112 cm³/mol. The molecule has 0 spiro atoms. The summed E-state index contributed by atoms with van der Waals surface area (Å²) in [5.41, 5.74) is 0.532. The fraction of sp³-hybridized carbons (Fsp3) is 0.619. The maximum atomic E-state index is 12.8. The molecule has 0 bridgehead atoms. The Kier molecular flexibility index (Phi) is 7.66. The minimum atomic E-state index is -3.50. The van der Waals surface area contributed by atoms with Crippen molar-refractivity contribution in [2.75, 3.05) is 31.5 Å². The number of hydrogen-bond donors (Lipinski definition) is 1. The van der Waals surface area contributed by atoms with E-state index in [1.54, 1.807) is 21.3 Å². The lowest BCUT2D eigenvalue weighted by Gasteiger charge is -2.24. The van der Waals surface area contributed by atoms with Crippen LogP contribution in [-0.2, 0) is 19.6 Å². The molecule has 1 aromatic rings. The lowest BCUT2D eigenvalue weighted by Crippen LogP contribution is -2.39. The van der Waals surface area contributed by atoms with Crippen molar-refractivity contribution in [3.63, 3.8) is 0 Å². The molecular formula is C21H31N3O4S. The van der Waals surface area contributed by atoms with Gasteiger partial charge in [0.25, 0.3) is 0 Å². The molecule has 1 N–H and O–H groups in total. The van der Waals surface area contributed by atoms with Crippen LogP contribution >= 0.6 is 0 Å². The van der Waals surface area contributed by atoms with Crippen LogP contribution in [0.4, 0.5) is 5.69 Å². The molecule has 0 aromatic heterocycles. The Morgan fingerprint density at radius 3 is 2.10 bits per heavy atom. The Bertz CT molecular complexity index is 800. The van der Waals surface area contributed by atoms with E-state index in [9.17, 15) is 18.0 Å². The first-order valence-corrected chi connectivity index (χ1v) is 12.1. The van der Waals surface area contributed by atoms with E-state index in [-0.39, 0.29) is 23.3 Å². The minimum absolute atomic E-state index is 0.0266. The number of carbonyl (C=O) groups excluding carboxylic acids is 2. The fourth-order valence-electron chi connectivity index (χ4n) is 3.90. The average molecular weight is 422 g/mol. The van der Waals surface area contributed by atoms with E-state index in [4.69, 9.17) is 0 Å². The normalized spacial score (nSPS) is 19.9. The lowest BCUT2D eigenvalue weighted by molar-refractivity contribution is -0.135. The molecule has 2 amide bonds. The van der Waals surface area contributed by atoms with Crippen molar-refractivity contribution in [1.82, 2.24) is 9.21 Å². The Morgan fingerprint density at radius 2 is 1.45 bits per heavy atom. The quantitative estimate of drug-likeness (QED) is 0.792. The van der Waals surface area contributed by atoms with E-state index < -0.39 is 10.0 Å². The van der Waals surface area contributed by atoms with E-state index in [2.05, 4.69) is 5.32 Å². The second-order valence-corrected chi connectivity index (χ2v) is 9.81. The van der Waals surface area contributed by atoms with E-state index in [0.29, 0.717) is 31.7 Å². The van der Waals surface area contributed by atoms with Crippen molar-refractivity contribution in [3.8, 4) is 0 Å². The van der Waals surface area contributed by atoms with Crippen molar-refractivity contribution < 1.29 is 18.0 Å². The molecule has 29 heavy (non-hydrogen) atoms. The second kappa shape index (κ2) is 10.2. The van der Waals surface area contributed by atoms with Gasteiger partial charge in [0.05, 0.1) is 11.4 Å². The zero-order valence-electron chi connectivity index (χ0n) is 16.9. The third-order valence-electron chi connectivity index (χ3n) is 5.60. The molecule has 160 valence electrons. The van der Waals surface area contributed by atoms with Gasteiger partial charge in [0, 0.05) is 31.7 Å². The van der Waals surface area contributed by atoms with Crippen LogP contribution in [0.15, 0.2) is 29.2 Å². The first-order valence-electron chi connectivity index (χ1n) is 10.6. The molecule has 2 aliphatic rings. The topological polar surface area (TPSA) is 86.8 Å². The number of sulfonamides is 1. The summed E-state index contributed by atoms with van der Waals surface area (Å²) in [6.07, 6.45) is 8.36. The largest absolute Gasteiger partial charge is 0.333 e. The van der Waals surface area contributed by atoms with Crippen LogP contribution < -0.4 is 5.32 Å². The Hall–Kier alpha value is -1.93. The number of carbonyl (C=O) groups is 2. The fourth-order valence-corrected chi connectivity index (χ4v) is 5.41. The molecule has 2 saturated heterocycles. The van der Waals surface area contributed by atoms with Crippen LogP contribution in [0.2, 0.25) is 0 Å². The molecule has 0 saturated carbocycles. The summed E-state index contributed by atoms with van der Waals surface area (Å²) in [5, 5.41) is 2.77. The summed E-state index contributed by atoms with van der Waals surface area (Å²) in [6, 6.07) is 6.30. The molecule has 7 nitrogen and oxygen atoms in total. The van der Waals surface area contributed by atoms with E-state index in [1.165, 1.54) is 12.1 Å². The first kappa shape index (κ1) is 21.8. The van der Waals surface area contributed by atoms with Crippen LogP contribution in [-0.4, -0.2) is 55.6 Å². The zero-order chi connectivity index (χ0) is 20.7. The third-order valence-corrected chi connectivity index (χ3v) is 7.51. The van der Waals surface area contributed by atoms with Gasteiger partial charge in [0.2, 0.25) is 21.8 Å². The maximum absolute atomic E-state index is 12.8. The SMILES string of the molecule is O=C(CN1CCCCCCC1=O)Nc1ccc(S(=O)(=O)N2CCCCCC2)cc1. The molecule has 2 aliphatic heterocycles. The van der Waals surface area contributed by atoms with Crippen molar-refractivity contribution in [2.45, 2.75) is 62.7 Å². The van der Waals surface area contributed by atoms with Crippen molar-refractivity contribution in [1.29, 1.82) is 0 Å². The highest BCUT2D eigenvalue weighted by Gasteiger charge is 2.25. The lowest BCUT2D eigenvalue weighted by atomic mass is 10.1. The molecular weight excluding hydrogens is 390 g/mol. The smallest absolute Gasteiger partial charge is 0.243 e. The minimum Gasteiger partial charge on any atom is -0.333 e. The predicted octanol–water partition coefficient (Wildman–Crippen LogP) is 2.98. The molecule has 8 heteroatoms. The van der Waals surface area contributed by atoms with Gasteiger partial charge in [-0.2, -0.15) is 4.31 Å². The highest BCUT2D eigenvalue weighted by Crippen LogP contribution is 2.22. The van der Waals surface area contributed by atoms with Crippen LogP contribution in [0.25, 0.3) is 0 Å². The molecule has 3 rings (SSSR count). The molecule has 0 aliphatic carbocycles. The van der Waals surface area contributed by atoms with Crippen LogP contribution in [0.3, 0.4) is 0 Å². The Morgan fingerprint density at radius 1 is 0.862 bits per heavy atom. The summed E-state index contributed by atoms with van der Waals surface area (Å²) in [5.74, 6) is -0.235. The number of nitrogens with zero attached hydrogens (tertiary/aromatic N) is 2. The number of hydrogen-bond acceptors (Lipinski definition) is 4. The van der Waals surface area contributed by atoms with Crippen molar-refractivity contribution in [3.05, 3.63) is 24.3 Å². The van der Waals surface area contributed by atoms with E-state index in [0.717, 1.165) is 51.4 Å².